The van der Waals surface area contributed by atoms with E-state index in [9.17, 15) is 5.11 Å². The second-order valence-corrected chi connectivity index (χ2v) is 7.25. The highest BCUT2D eigenvalue weighted by molar-refractivity contribution is 6.31. The molecular weight excluding hydrogens is 244 g/mol. The van der Waals surface area contributed by atoms with E-state index in [-0.39, 0.29) is 5.41 Å². The van der Waals surface area contributed by atoms with Crippen molar-refractivity contribution in [2.24, 2.45) is 11.3 Å². The van der Waals surface area contributed by atoms with Crippen molar-refractivity contribution in [2.45, 2.75) is 52.1 Å². The first-order chi connectivity index (χ1) is 8.30. The topological polar surface area (TPSA) is 20.2 Å². The van der Waals surface area contributed by atoms with E-state index in [0.717, 1.165) is 23.4 Å². The third-order valence-corrected chi connectivity index (χ3v) is 4.28. The number of aliphatic hydroxyl groups is 1. The summed E-state index contributed by atoms with van der Waals surface area (Å²) in [5.41, 5.74) is 0.673. The second-order valence-electron chi connectivity index (χ2n) is 6.85. The lowest BCUT2D eigenvalue weighted by molar-refractivity contribution is -0.0574. The molecule has 2 rings (SSSR count). The zero-order valence-corrected chi connectivity index (χ0v) is 12.3. The van der Waals surface area contributed by atoms with E-state index in [1.54, 1.807) is 0 Å². The van der Waals surface area contributed by atoms with E-state index < -0.39 is 5.60 Å². The van der Waals surface area contributed by atoms with Gasteiger partial charge < -0.3 is 5.11 Å². The Morgan fingerprint density at radius 1 is 1.28 bits per heavy atom. The summed E-state index contributed by atoms with van der Waals surface area (Å²) in [5.74, 6) is 0.571. The van der Waals surface area contributed by atoms with Crippen molar-refractivity contribution < 1.29 is 5.11 Å². The molecule has 2 unspecified atom stereocenters. The van der Waals surface area contributed by atoms with Crippen molar-refractivity contribution in [3.63, 3.8) is 0 Å². The monoisotopic (exact) mass is 266 g/mol. The Hall–Kier alpha value is -0.530. The van der Waals surface area contributed by atoms with Gasteiger partial charge in [0.15, 0.2) is 0 Å². The molecule has 0 radical (unpaired) electrons. The lowest BCUT2D eigenvalue weighted by Crippen LogP contribution is -2.43. The summed E-state index contributed by atoms with van der Waals surface area (Å²) in [6, 6.07) is 7.84. The van der Waals surface area contributed by atoms with Crippen molar-refractivity contribution in [1.82, 2.24) is 0 Å². The van der Waals surface area contributed by atoms with Gasteiger partial charge in [0, 0.05) is 11.4 Å². The van der Waals surface area contributed by atoms with Crippen LogP contribution in [0.3, 0.4) is 0 Å². The normalized spacial score (nSPS) is 31.3. The first-order valence-electron chi connectivity index (χ1n) is 6.76. The van der Waals surface area contributed by atoms with E-state index in [1.165, 1.54) is 6.42 Å². The molecule has 1 aliphatic rings. The van der Waals surface area contributed by atoms with Crippen LogP contribution < -0.4 is 0 Å². The number of halogens is 1. The summed E-state index contributed by atoms with van der Waals surface area (Å²) in [4.78, 5) is 0. The van der Waals surface area contributed by atoms with Crippen LogP contribution >= 0.6 is 11.6 Å². The Morgan fingerprint density at radius 2 is 1.94 bits per heavy atom. The zero-order valence-electron chi connectivity index (χ0n) is 11.5. The number of rotatable bonds is 2. The minimum absolute atomic E-state index is 0.216. The van der Waals surface area contributed by atoms with Gasteiger partial charge >= 0.3 is 0 Å². The van der Waals surface area contributed by atoms with Crippen LogP contribution in [0.1, 0.15) is 45.6 Å². The Bertz CT molecular complexity index is 427. The molecule has 1 aliphatic carbocycles. The highest BCUT2D eigenvalue weighted by Crippen LogP contribution is 2.45. The van der Waals surface area contributed by atoms with Crippen LogP contribution in [0.2, 0.25) is 5.02 Å². The van der Waals surface area contributed by atoms with E-state index >= 15 is 0 Å². The Balaban J connectivity index is 2.19. The molecule has 0 saturated heterocycles. The molecule has 1 aromatic rings. The van der Waals surface area contributed by atoms with E-state index in [4.69, 9.17) is 11.6 Å². The molecule has 18 heavy (non-hydrogen) atoms. The molecule has 100 valence electrons. The maximum absolute atomic E-state index is 10.9. The first-order valence-corrected chi connectivity index (χ1v) is 7.13. The molecule has 0 heterocycles. The average molecular weight is 267 g/mol. The van der Waals surface area contributed by atoms with Crippen LogP contribution in [0, 0.1) is 11.3 Å². The van der Waals surface area contributed by atoms with Gasteiger partial charge in [-0.05, 0) is 42.2 Å². The van der Waals surface area contributed by atoms with Gasteiger partial charge in [-0.25, -0.2) is 0 Å². The van der Waals surface area contributed by atoms with Gasteiger partial charge in [0.2, 0.25) is 0 Å². The molecule has 0 aromatic heterocycles. The number of hydrogen-bond acceptors (Lipinski definition) is 1. The maximum Gasteiger partial charge on any atom is 0.0696 e. The quantitative estimate of drug-likeness (QED) is 0.838. The maximum atomic E-state index is 10.9. The van der Waals surface area contributed by atoms with Gasteiger partial charge in [-0.2, -0.15) is 0 Å². The summed E-state index contributed by atoms with van der Waals surface area (Å²) in [5, 5.41) is 11.7. The average Bonchev–Trinajstić information content (AvgIpc) is 2.17. The van der Waals surface area contributed by atoms with Crippen molar-refractivity contribution in [1.29, 1.82) is 0 Å². The lowest BCUT2D eigenvalue weighted by atomic mass is 9.64. The van der Waals surface area contributed by atoms with Gasteiger partial charge in [-0.15, -0.1) is 0 Å². The van der Waals surface area contributed by atoms with Crippen molar-refractivity contribution in [2.75, 3.05) is 0 Å². The van der Waals surface area contributed by atoms with Gasteiger partial charge in [0.25, 0.3) is 0 Å². The minimum Gasteiger partial charge on any atom is -0.390 e. The Morgan fingerprint density at radius 3 is 2.56 bits per heavy atom. The van der Waals surface area contributed by atoms with E-state index in [2.05, 4.69) is 20.8 Å². The van der Waals surface area contributed by atoms with Crippen molar-refractivity contribution >= 4 is 11.6 Å². The van der Waals surface area contributed by atoms with Crippen LogP contribution in [0.4, 0.5) is 0 Å². The third-order valence-electron chi connectivity index (χ3n) is 3.91. The van der Waals surface area contributed by atoms with Crippen LogP contribution in [0.25, 0.3) is 0 Å². The van der Waals surface area contributed by atoms with E-state index in [1.807, 2.05) is 24.3 Å². The molecule has 0 aliphatic heterocycles. The van der Waals surface area contributed by atoms with Gasteiger partial charge in [-0.3, -0.25) is 0 Å². The first kappa shape index (κ1) is 13.9. The van der Waals surface area contributed by atoms with Gasteiger partial charge in [0.1, 0.15) is 0 Å². The highest BCUT2D eigenvalue weighted by Gasteiger charge is 2.41. The van der Waals surface area contributed by atoms with Gasteiger partial charge in [-0.1, -0.05) is 50.6 Å². The standard InChI is InChI=1S/C16H23ClO/c1-12-8-15(2,3)11-16(18,9-12)10-13-6-4-5-7-14(13)17/h4-7,12,18H,8-11H2,1-3H3. The molecule has 1 saturated carbocycles. The predicted octanol–water partition coefficient (Wildman–Crippen LogP) is 4.46. The van der Waals surface area contributed by atoms with Crippen LogP contribution in [-0.4, -0.2) is 10.7 Å². The molecule has 0 amide bonds. The Kier molecular flexibility index (Phi) is 3.75. The molecule has 2 atom stereocenters. The molecular formula is C16H23ClO. The van der Waals surface area contributed by atoms with Crippen molar-refractivity contribution in [3.05, 3.63) is 34.9 Å². The molecule has 1 N–H and O–H groups in total. The fourth-order valence-electron chi connectivity index (χ4n) is 3.83. The summed E-state index contributed by atoms with van der Waals surface area (Å²) in [6.45, 7) is 6.74. The van der Waals surface area contributed by atoms with Crippen molar-refractivity contribution in [3.8, 4) is 0 Å². The SMILES string of the molecule is CC1CC(C)(C)CC(O)(Cc2ccccc2Cl)C1. The summed E-state index contributed by atoms with van der Waals surface area (Å²) in [6.07, 6.45) is 3.59. The smallest absolute Gasteiger partial charge is 0.0696 e. The van der Waals surface area contributed by atoms with Crippen LogP contribution in [-0.2, 0) is 6.42 Å². The van der Waals surface area contributed by atoms with Gasteiger partial charge in [0.05, 0.1) is 5.60 Å². The fourth-order valence-corrected chi connectivity index (χ4v) is 4.03. The number of benzene rings is 1. The zero-order chi connectivity index (χ0) is 13.4. The molecule has 1 aromatic carbocycles. The highest BCUT2D eigenvalue weighted by atomic mass is 35.5. The predicted molar refractivity (Wildman–Crippen MR) is 76.9 cm³/mol. The lowest BCUT2D eigenvalue weighted by Gasteiger charge is -2.45. The number of hydrogen-bond donors (Lipinski definition) is 1. The molecule has 0 spiro atoms. The summed E-state index contributed by atoms with van der Waals surface area (Å²) in [7, 11) is 0. The molecule has 2 heteroatoms. The molecule has 1 fully saturated rings. The van der Waals surface area contributed by atoms with Crippen LogP contribution in [0.15, 0.2) is 24.3 Å². The largest absolute Gasteiger partial charge is 0.390 e. The molecule has 0 bridgehead atoms. The summed E-state index contributed by atoms with van der Waals surface area (Å²) >= 11 is 6.20. The molecule has 1 nitrogen and oxygen atoms in total. The fraction of sp³-hybridized carbons (Fsp3) is 0.625. The second kappa shape index (κ2) is 4.86. The summed E-state index contributed by atoms with van der Waals surface area (Å²) < 4.78 is 0. The van der Waals surface area contributed by atoms with E-state index in [0.29, 0.717) is 12.3 Å². The third kappa shape index (κ3) is 3.27. The van der Waals surface area contributed by atoms with Crippen LogP contribution in [0.5, 0.6) is 0 Å². The Labute approximate surface area is 115 Å². The minimum atomic E-state index is -0.605.